The van der Waals surface area contributed by atoms with Crippen molar-refractivity contribution < 1.29 is 0 Å². The molecule has 2 N–H and O–H groups in total. The average Bonchev–Trinajstić information content (AvgIpc) is 2.29. The molecule has 0 aliphatic carbocycles. The number of nitrogens with two attached hydrogens (primary N) is 1. The average molecular weight is 272 g/mol. The molecule has 2 rings (SSSR count). The van der Waals surface area contributed by atoms with Crippen molar-refractivity contribution in [1.29, 1.82) is 0 Å². The van der Waals surface area contributed by atoms with Crippen molar-refractivity contribution in [2.75, 3.05) is 5.73 Å². The lowest BCUT2D eigenvalue weighted by atomic mass is 10.4. The summed E-state index contributed by atoms with van der Waals surface area (Å²) in [5.74, 6) is 0.533. The summed E-state index contributed by atoms with van der Waals surface area (Å²) >= 11 is 0. The number of imidazole rings is 1. The minimum atomic E-state index is 0. The summed E-state index contributed by atoms with van der Waals surface area (Å²) in [6, 6.07) is 0. The van der Waals surface area contributed by atoms with Crippen LogP contribution in [0.25, 0.3) is 5.65 Å². The van der Waals surface area contributed by atoms with E-state index in [9.17, 15) is 0 Å². The second-order valence-corrected chi connectivity index (χ2v) is 2.86. The molecule has 0 spiro atoms. The zero-order valence-corrected chi connectivity index (χ0v) is 10.7. The van der Waals surface area contributed by atoms with Gasteiger partial charge in [-0.05, 0) is 13.8 Å². The lowest BCUT2D eigenvalue weighted by Gasteiger charge is -1.97. The number of hydrogen-bond donors (Lipinski definition) is 1. The van der Waals surface area contributed by atoms with Crippen LogP contribution >= 0.6 is 37.2 Å². The highest BCUT2D eigenvalue weighted by molar-refractivity contribution is 5.86. The van der Waals surface area contributed by atoms with Crippen LogP contribution in [-0.2, 0) is 0 Å². The molecule has 0 amide bonds. The minimum Gasteiger partial charge on any atom is -0.382 e. The van der Waals surface area contributed by atoms with Gasteiger partial charge in [0.1, 0.15) is 5.82 Å². The largest absolute Gasteiger partial charge is 0.382 e. The normalized spacial score (nSPS) is 8.67. The summed E-state index contributed by atoms with van der Waals surface area (Å²) in [6.45, 7) is 3.87. The number of halogens is 3. The molecule has 15 heavy (non-hydrogen) atoms. The van der Waals surface area contributed by atoms with Crippen LogP contribution in [0.15, 0.2) is 12.4 Å². The first kappa shape index (κ1) is 16.7. The Balaban J connectivity index is 0. The molecule has 0 unspecified atom stereocenters. The van der Waals surface area contributed by atoms with Gasteiger partial charge in [-0.1, -0.05) is 0 Å². The first-order valence-corrected chi connectivity index (χ1v) is 3.75. The van der Waals surface area contributed by atoms with Gasteiger partial charge in [-0.2, -0.15) is 0 Å². The van der Waals surface area contributed by atoms with E-state index in [4.69, 9.17) is 5.73 Å². The Kier molecular flexibility index (Phi) is 6.68. The Bertz CT molecular complexity index is 441. The zero-order chi connectivity index (χ0) is 8.72. The van der Waals surface area contributed by atoms with Gasteiger partial charge in [0.05, 0.1) is 17.6 Å². The number of aromatic nitrogens is 3. The van der Waals surface area contributed by atoms with Crippen LogP contribution in [0.5, 0.6) is 0 Å². The third kappa shape index (κ3) is 3.12. The van der Waals surface area contributed by atoms with E-state index in [2.05, 4.69) is 9.97 Å². The van der Waals surface area contributed by atoms with Crippen LogP contribution in [0.2, 0.25) is 0 Å². The zero-order valence-electron chi connectivity index (χ0n) is 8.30. The number of aryl methyl sites for hydroxylation is 2. The van der Waals surface area contributed by atoms with E-state index < -0.39 is 0 Å². The van der Waals surface area contributed by atoms with E-state index in [1.54, 1.807) is 6.20 Å². The molecule has 0 saturated heterocycles. The second kappa shape index (κ2) is 6.00. The van der Waals surface area contributed by atoms with Gasteiger partial charge in [0.25, 0.3) is 0 Å². The number of fused-ring (bicyclic) bond motifs is 1. The van der Waals surface area contributed by atoms with Crippen LogP contribution in [0.1, 0.15) is 11.4 Å². The van der Waals surface area contributed by atoms with E-state index in [0.29, 0.717) is 5.82 Å². The predicted octanol–water partition coefficient (Wildman–Crippen LogP) is 2.19. The third-order valence-electron chi connectivity index (χ3n) is 1.74. The highest BCUT2D eigenvalue weighted by Crippen LogP contribution is 2.09. The molecule has 2 aromatic rings. The number of rotatable bonds is 0. The van der Waals surface area contributed by atoms with E-state index in [1.165, 1.54) is 0 Å². The van der Waals surface area contributed by atoms with Crippen LogP contribution in [0.4, 0.5) is 5.82 Å². The van der Waals surface area contributed by atoms with Crippen LogP contribution in [0.3, 0.4) is 0 Å². The molecule has 0 atom stereocenters. The van der Waals surface area contributed by atoms with Crippen molar-refractivity contribution in [3.05, 3.63) is 23.8 Å². The molecular formula is C8H13Cl3N4. The summed E-state index contributed by atoms with van der Waals surface area (Å²) < 4.78 is 1.90. The minimum absolute atomic E-state index is 0. The lowest BCUT2D eigenvalue weighted by Crippen LogP contribution is -1.93. The first-order valence-electron chi connectivity index (χ1n) is 3.75. The summed E-state index contributed by atoms with van der Waals surface area (Å²) in [5.41, 5.74) is 8.26. The summed E-state index contributed by atoms with van der Waals surface area (Å²) in [5, 5.41) is 0. The Morgan fingerprint density at radius 1 is 1.07 bits per heavy atom. The molecule has 7 heteroatoms. The number of anilines is 1. The van der Waals surface area contributed by atoms with E-state index in [1.807, 2.05) is 24.4 Å². The quantitative estimate of drug-likeness (QED) is 0.799. The maximum Gasteiger partial charge on any atom is 0.160 e. The van der Waals surface area contributed by atoms with Gasteiger partial charge in [-0.3, -0.25) is 4.98 Å². The first-order chi connectivity index (χ1) is 5.66. The fourth-order valence-electron chi connectivity index (χ4n) is 1.32. The molecule has 4 nitrogen and oxygen atoms in total. The Hall–Kier alpha value is -0.710. The van der Waals surface area contributed by atoms with Crippen molar-refractivity contribution in [3.8, 4) is 0 Å². The van der Waals surface area contributed by atoms with Gasteiger partial charge < -0.3 is 10.1 Å². The maximum absolute atomic E-state index is 5.55. The van der Waals surface area contributed by atoms with Crippen LogP contribution in [-0.4, -0.2) is 14.4 Å². The molecule has 0 bridgehead atoms. The highest BCUT2D eigenvalue weighted by Gasteiger charge is 2.02. The third-order valence-corrected chi connectivity index (χ3v) is 1.74. The fourth-order valence-corrected chi connectivity index (χ4v) is 1.32. The van der Waals surface area contributed by atoms with Crippen molar-refractivity contribution >= 4 is 48.7 Å². The summed E-state index contributed by atoms with van der Waals surface area (Å²) in [4.78, 5) is 8.41. The highest BCUT2D eigenvalue weighted by atomic mass is 35.5. The molecule has 0 radical (unpaired) electrons. The van der Waals surface area contributed by atoms with E-state index in [-0.39, 0.29) is 37.2 Å². The molecule has 2 aromatic heterocycles. The van der Waals surface area contributed by atoms with Gasteiger partial charge in [0, 0.05) is 6.20 Å². The Labute approximate surface area is 107 Å². The fraction of sp³-hybridized carbons (Fsp3) is 0.250. The number of hydrogen-bond acceptors (Lipinski definition) is 3. The topological polar surface area (TPSA) is 56.2 Å². The van der Waals surface area contributed by atoms with Crippen LogP contribution in [0, 0.1) is 13.8 Å². The van der Waals surface area contributed by atoms with Crippen molar-refractivity contribution in [3.63, 3.8) is 0 Å². The van der Waals surface area contributed by atoms with Gasteiger partial charge in [-0.25, -0.2) is 4.98 Å². The summed E-state index contributed by atoms with van der Waals surface area (Å²) in [7, 11) is 0. The van der Waals surface area contributed by atoms with Gasteiger partial charge in [0.2, 0.25) is 0 Å². The molecule has 0 aliphatic rings. The van der Waals surface area contributed by atoms with Crippen molar-refractivity contribution in [1.82, 2.24) is 14.4 Å². The molecule has 0 aliphatic heterocycles. The SMILES string of the molecule is Cc1cn2cc(N)nc2c(C)n1.Cl.Cl.Cl. The van der Waals surface area contributed by atoms with Gasteiger partial charge >= 0.3 is 0 Å². The molecular weight excluding hydrogens is 258 g/mol. The Morgan fingerprint density at radius 3 is 2.27 bits per heavy atom. The standard InChI is InChI=1S/C8H10N4.3ClH/c1-5-3-12-4-7(9)11-8(12)6(2)10-5;;;/h3-4H,9H2,1-2H3;3*1H. The van der Waals surface area contributed by atoms with Crippen molar-refractivity contribution in [2.45, 2.75) is 13.8 Å². The second-order valence-electron chi connectivity index (χ2n) is 2.86. The molecule has 0 aromatic carbocycles. The van der Waals surface area contributed by atoms with Gasteiger partial charge in [0.15, 0.2) is 5.65 Å². The van der Waals surface area contributed by atoms with E-state index >= 15 is 0 Å². The monoisotopic (exact) mass is 270 g/mol. The Morgan fingerprint density at radius 2 is 1.67 bits per heavy atom. The maximum atomic E-state index is 5.55. The predicted molar refractivity (Wildman–Crippen MR) is 68.6 cm³/mol. The van der Waals surface area contributed by atoms with E-state index in [0.717, 1.165) is 17.0 Å². The smallest absolute Gasteiger partial charge is 0.160 e. The molecule has 86 valence electrons. The molecule has 0 saturated carbocycles. The van der Waals surface area contributed by atoms with Crippen molar-refractivity contribution in [2.24, 2.45) is 0 Å². The van der Waals surface area contributed by atoms with Crippen LogP contribution < -0.4 is 5.73 Å². The molecule has 0 fully saturated rings. The number of nitrogens with zero attached hydrogens (tertiary/aromatic N) is 3. The lowest BCUT2D eigenvalue weighted by molar-refractivity contribution is 1.03. The van der Waals surface area contributed by atoms with Gasteiger partial charge in [-0.15, -0.1) is 37.2 Å². The molecule has 2 heterocycles. The number of nitrogen functional groups attached to an aromatic ring is 1. The summed E-state index contributed by atoms with van der Waals surface area (Å²) in [6.07, 6.45) is 3.70.